The van der Waals surface area contributed by atoms with Crippen molar-refractivity contribution in [1.29, 1.82) is 0 Å². The van der Waals surface area contributed by atoms with Crippen LogP contribution in [0.4, 0.5) is 0 Å². The van der Waals surface area contributed by atoms with Crippen LogP contribution in [0.2, 0.25) is 0 Å². The summed E-state index contributed by atoms with van der Waals surface area (Å²) >= 11 is 0. The number of unbranched alkanes of at least 4 members (excludes halogenated alkanes) is 6. The average Bonchev–Trinajstić information content (AvgIpc) is 2.72. The monoisotopic (exact) mass is 432 g/mol. The van der Waals surface area contributed by atoms with Crippen molar-refractivity contribution in [3.05, 3.63) is 23.8 Å². The Hall–Kier alpha value is -0.640. The molecule has 0 aliphatic heterocycles. The third kappa shape index (κ3) is 56.4. The lowest BCUT2D eigenvalue weighted by Gasteiger charge is -2.22. The van der Waals surface area contributed by atoms with Crippen LogP contribution in [0, 0.1) is 0 Å². The number of rotatable bonds is 12. The summed E-state index contributed by atoms with van der Waals surface area (Å²) in [4.78, 5) is 0. The topological polar surface area (TPSA) is 49.7 Å². The second-order valence-electron chi connectivity index (χ2n) is 8.26. The maximum atomic E-state index is 7.00. The van der Waals surface area contributed by atoms with E-state index in [9.17, 15) is 0 Å². The zero-order chi connectivity index (χ0) is 24.8. The summed E-state index contributed by atoms with van der Waals surface area (Å²) in [6.07, 6.45) is 16.5. The van der Waals surface area contributed by atoms with E-state index >= 15 is 0 Å². The van der Waals surface area contributed by atoms with Crippen LogP contribution in [0.3, 0.4) is 0 Å². The van der Waals surface area contributed by atoms with Crippen LogP contribution in [0.1, 0.15) is 126 Å². The molecular weight excluding hydrogens is 372 g/mol. The van der Waals surface area contributed by atoms with Gasteiger partial charge in [-0.1, -0.05) is 82.9 Å². The Morgan fingerprint density at radius 1 is 0.800 bits per heavy atom. The number of aliphatic hydroxyl groups excluding tert-OH is 2. The largest absolute Gasteiger partial charge is 0.400 e. The third-order valence-corrected chi connectivity index (χ3v) is 4.25. The number of ether oxygens (including phenoxy) is 1. The lowest BCUT2D eigenvalue weighted by atomic mass is 10.0. The zero-order valence-electron chi connectivity index (χ0n) is 22.9. The van der Waals surface area contributed by atoms with E-state index in [0.29, 0.717) is 0 Å². The minimum Gasteiger partial charge on any atom is -0.400 e. The highest BCUT2D eigenvalue weighted by Crippen LogP contribution is 2.16. The van der Waals surface area contributed by atoms with E-state index in [2.05, 4.69) is 68.0 Å². The van der Waals surface area contributed by atoms with Crippen LogP contribution in [0.15, 0.2) is 23.8 Å². The first kappa shape index (κ1) is 39.8. The number of hydrogen-bond acceptors (Lipinski definition) is 3. The first-order valence-electron chi connectivity index (χ1n) is 11.9. The smallest absolute Gasteiger partial charge is 0.0622 e. The van der Waals surface area contributed by atoms with Crippen molar-refractivity contribution in [2.45, 2.75) is 132 Å². The summed E-state index contributed by atoms with van der Waals surface area (Å²) < 4.78 is 5.28. The highest BCUT2D eigenvalue weighted by molar-refractivity contribution is 4.92. The second kappa shape index (κ2) is 35.8. The van der Waals surface area contributed by atoms with Gasteiger partial charge in [0.25, 0.3) is 0 Å². The molecule has 0 saturated heterocycles. The van der Waals surface area contributed by atoms with E-state index in [1.807, 2.05) is 0 Å². The summed E-state index contributed by atoms with van der Waals surface area (Å²) in [5.74, 6) is 0. The number of allylic oxidation sites excluding steroid dienone is 3. The molecule has 3 heteroatoms. The molecule has 0 saturated carbocycles. The van der Waals surface area contributed by atoms with Crippen LogP contribution < -0.4 is 0 Å². The van der Waals surface area contributed by atoms with Gasteiger partial charge in [0.05, 0.1) is 5.60 Å². The summed E-state index contributed by atoms with van der Waals surface area (Å²) in [6, 6.07) is 0. The quantitative estimate of drug-likeness (QED) is 0.240. The predicted octanol–water partition coefficient (Wildman–Crippen LogP) is 8.49. The van der Waals surface area contributed by atoms with Gasteiger partial charge in [-0.3, -0.25) is 0 Å². The zero-order valence-corrected chi connectivity index (χ0v) is 22.9. The molecule has 0 radical (unpaired) electrons. The summed E-state index contributed by atoms with van der Waals surface area (Å²) in [5.41, 5.74) is 2.85. The van der Waals surface area contributed by atoms with Gasteiger partial charge in [-0.05, 0) is 60.3 Å². The van der Waals surface area contributed by atoms with Gasteiger partial charge in [-0.15, -0.1) is 6.58 Å². The average molecular weight is 433 g/mol. The minimum absolute atomic E-state index is 0.0924. The SMILES string of the molecule is C=C(C)CCCCC.CCCCC=C(C)C.CCCCCC(C)(C)OC.CO.CO. The maximum absolute atomic E-state index is 7.00. The Labute approximate surface area is 192 Å². The third-order valence-electron chi connectivity index (χ3n) is 4.25. The highest BCUT2D eigenvalue weighted by atomic mass is 16.5. The van der Waals surface area contributed by atoms with Gasteiger partial charge >= 0.3 is 0 Å². The van der Waals surface area contributed by atoms with Crippen LogP contribution in [-0.4, -0.2) is 37.1 Å². The molecule has 0 spiro atoms. The molecule has 0 aliphatic carbocycles. The molecule has 2 N–H and O–H groups in total. The second-order valence-corrected chi connectivity index (χ2v) is 8.26. The Morgan fingerprint density at radius 2 is 1.23 bits per heavy atom. The van der Waals surface area contributed by atoms with Gasteiger partial charge in [0.1, 0.15) is 0 Å². The van der Waals surface area contributed by atoms with E-state index in [0.717, 1.165) is 14.2 Å². The van der Waals surface area contributed by atoms with Gasteiger partial charge in [0, 0.05) is 21.3 Å². The van der Waals surface area contributed by atoms with E-state index in [-0.39, 0.29) is 5.60 Å². The lowest BCUT2D eigenvalue weighted by molar-refractivity contribution is 0.0135. The molecule has 0 heterocycles. The van der Waals surface area contributed by atoms with Crippen molar-refractivity contribution in [3.8, 4) is 0 Å². The molecule has 30 heavy (non-hydrogen) atoms. The number of aliphatic hydroxyl groups is 2. The molecule has 0 unspecified atom stereocenters. The molecular formula is C27H60O3. The summed E-state index contributed by atoms with van der Waals surface area (Å²) in [5, 5.41) is 14.0. The van der Waals surface area contributed by atoms with Gasteiger partial charge in [0.15, 0.2) is 0 Å². The normalized spacial score (nSPS) is 9.23. The summed E-state index contributed by atoms with van der Waals surface area (Å²) in [7, 11) is 3.78. The first-order chi connectivity index (χ1) is 14.2. The maximum Gasteiger partial charge on any atom is 0.0622 e. The van der Waals surface area contributed by atoms with Crippen molar-refractivity contribution < 1.29 is 14.9 Å². The Bertz CT molecular complexity index is 316. The summed E-state index contributed by atoms with van der Waals surface area (Å²) in [6.45, 7) is 21.2. The van der Waals surface area contributed by atoms with E-state index in [1.54, 1.807) is 7.11 Å². The molecule has 3 nitrogen and oxygen atoms in total. The number of hydrogen-bond donors (Lipinski definition) is 2. The predicted molar refractivity (Wildman–Crippen MR) is 139 cm³/mol. The van der Waals surface area contributed by atoms with Crippen molar-refractivity contribution in [2.75, 3.05) is 21.3 Å². The van der Waals surface area contributed by atoms with Crippen LogP contribution >= 0.6 is 0 Å². The van der Waals surface area contributed by atoms with Crippen molar-refractivity contribution in [2.24, 2.45) is 0 Å². The van der Waals surface area contributed by atoms with Crippen molar-refractivity contribution in [1.82, 2.24) is 0 Å². The van der Waals surface area contributed by atoms with Gasteiger partial charge in [-0.2, -0.15) is 0 Å². The van der Waals surface area contributed by atoms with Crippen LogP contribution in [0.5, 0.6) is 0 Å². The van der Waals surface area contributed by atoms with E-state index < -0.39 is 0 Å². The minimum atomic E-state index is 0.0924. The van der Waals surface area contributed by atoms with Gasteiger partial charge in [0.2, 0.25) is 0 Å². The Balaban J connectivity index is -0.0000000965. The molecule has 0 aliphatic rings. The van der Waals surface area contributed by atoms with Gasteiger partial charge < -0.3 is 14.9 Å². The molecule has 0 rings (SSSR count). The molecule has 0 bridgehead atoms. The van der Waals surface area contributed by atoms with E-state index in [4.69, 9.17) is 14.9 Å². The fraction of sp³-hybridized carbons (Fsp3) is 0.852. The highest BCUT2D eigenvalue weighted by Gasteiger charge is 2.14. The Kier molecular flexibility index (Phi) is 47.5. The van der Waals surface area contributed by atoms with Crippen molar-refractivity contribution in [3.63, 3.8) is 0 Å². The van der Waals surface area contributed by atoms with Crippen molar-refractivity contribution >= 4 is 0 Å². The lowest BCUT2D eigenvalue weighted by Crippen LogP contribution is -2.21. The number of methoxy groups -OCH3 is 1. The fourth-order valence-corrected chi connectivity index (χ4v) is 2.17. The molecule has 186 valence electrons. The molecule has 0 aromatic rings. The van der Waals surface area contributed by atoms with Crippen LogP contribution in [0.25, 0.3) is 0 Å². The molecule has 0 fully saturated rings. The first-order valence-corrected chi connectivity index (χ1v) is 11.9. The van der Waals surface area contributed by atoms with Gasteiger partial charge in [-0.25, -0.2) is 0 Å². The standard InChI is InChI=1S/C9H20O.2C8H16.2CH4O/c1-5-6-7-8-9(2,3)10-4;2*1-4-5-6-7-8(2)3;2*1-2/h5-8H2,1-4H3;7H,4-6H2,1-3H3;2,4-7H2,1,3H3;2*2H,1H3. The molecule has 0 amide bonds. The van der Waals surface area contributed by atoms with Crippen LogP contribution in [-0.2, 0) is 4.74 Å². The Morgan fingerprint density at radius 3 is 1.57 bits per heavy atom. The molecule has 0 aromatic carbocycles. The molecule has 0 aromatic heterocycles. The fourth-order valence-electron chi connectivity index (χ4n) is 2.17. The van der Waals surface area contributed by atoms with E-state index in [1.165, 1.54) is 81.8 Å². The molecule has 0 atom stereocenters.